The fraction of sp³-hybridized carbons (Fsp3) is 0.231. The van der Waals surface area contributed by atoms with Gasteiger partial charge in [-0.3, -0.25) is 9.59 Å². The van der Waals surface area contributed by atoms with Gasteiger partial charge in [-0.1, -0.05) is 12.2 Å². The average molecular weight is 481 g/mol. The predicted octanol–water partition coefficient (Wildman–Crippen LogP) is 3.17. The number of hydrogen-bond acceptors (Lipinski definition) is 7. The molecule has 2 amide bonds. The van der Waals surface area contributed by atoms with E-state index in [9.17, 15) is 19.2 Å². The summed E-state index contributed by atoms with van der Waals surface area (Å²) in [6.07, 6.45) is 1.15. The summed E-state index contributed by atoms with van der Waals surface area (Å²) in [7, 11) is 0. The maximum absolute atomic E-state index is 12.2. The van der Waals surface area contributed by atoms with E-state index in [1.807, 2.05) is 0 Å². The van der Waals surface area contributed by atoms with E-state index in [0.29, 0.717) is 11.5 Å². The second kappa shape index (κ2) is 13.3. The van der Waals surface area contributed by atoms with Crippen molar-refractivity contribution >= 4 is 23.8 Å². The Morgan fingerprint density at radius 2 is 1.06 bits per heavy atom. The third-order valence-electron chi connectivity index (χ3n) is 4.56. The van der Waals surface area contributed by atoms with Gasteiger partial charge in [0.2, 0.25) is 0 Å². The van der Waals surface area contributed by atoms with Gasteiger partial charge in [0.15, 0.2) is 12.2 Å². The van der Waals surface area contributed by atoms with Crippen LogP contribution in [-0.4, -0.2) is 49.1 Å². The Morgan fingerprint density at radius 3 is 1.37 bits per heavy atom. The third-order valence-corrected chi connectivity index (χ3v) is 4.56. The van der Waals surface area contributed by atoms with Gasteiger partial charge in [-0.2, -0.15) is 0 Å². The molecule has 2 N–H and O–H groups in total. The Morgan fingerprint density at radius 1 is 0.714 bits per heavy atom. The minimum atomic E-state index is -0.951. The summed E-state index contributed by atoms with van der Waals surface area (Å²) in [5.41, 5.74) is 0.509. The number of benzene rings is 2. The topological polar surface area (TPSA) is 120 Å². The average Bonchev–Trinajstić information content (AvgIpc) is 2.86. The summed E-state index contributed by atoms with van der Waals surface area (Å²) in [5.74, 6) is -1.24. The van der Waals surface area contributed by atoms with Crippen molar-refractivity contribution in [1.29, 1.82) is 0 Å². The van der Waals surface area contributed by atoms with Crippen molar-refractivity contribution in [3.05, 3.63) is 85.0 Å². The Labute approximate surface area is 203 Å². The van der Waals surface area contributed by atoms with Gasteiger partial charge < -0.3 is 24.8 Å². The van der Waals surface area contributed by atoms with Crippen molar-refractivity contribution in [1.82, 2.24) is 10.6 Å². The SMILES string of the molecule is C=CCNC(=O)C(C)OC(=O)c1ccc(Oc2ccc(C(=O)OC(C)C(=O)NCC=C)cc2)cc1. The first kappa shape index (κ1) is 26.8. The smallest absolute Gasteiger partial charge is 0.338 e. The molecule has 0 saturated heterocycles. The Hall–Kier alpha value is -4.40. The molecule has 2 atom stereocenters. The number of hydrogen-bond donors (Lipinski definition) is 2. The standard InChI is InChI=1S/C26H28N2O7/c1-5-15-27-23(29)17(3)33-25(31)19-7-11-21(12-8-19)35-22-13-9-20(10-14-22)26(32)34-18(4)24(30)28-16-6-2/h5-14,17-18H,1-2,15-16H2,3-4H3,(H,27,29)(H,28,30). The number of carbonyl (C=O) groups is 4. The number of rotatable bonds is 12. The van der Waals surface area contributed by atoms with Gasteiger partial charge in [-0.05, 0) is 62.4 Å². The predicted molar refractivity (Wildman–Crippen MR) is 129 cm³/mol. The first-order valence-corrected chi connectivity index (χ1v) is 10.8. The van der Waals surface area contributed by atoms with Gasteiger partial charge in [0.25, 0.3) is 11.8 Å². The monoisotopic (exact) mass is 480 g/mol. The van der Waals surface area contributed by atoms with Crippen LogP contribution in [0, 0.1) is 0 Å². The minimum absolute atomic E-state index is 0.255. The van der Waals surface area contributed by atoms with Crippen LogP contribution in [-0.2, 0) is 19.1 Å². The van der Waals surface area contributed by atoms with Crippen molar-refractivity contribution in [3.8, 4) is 11.5 Å². The van der Waals surface area contributed by atoms with E-state index in [1.165, 1.54) is 50.3 Å². The highest BCUT2D eigenvalue weighted by molar-refractivity contribution is 5.93. The summed E-state index contributed by atoms with van der Waals surface area (Å²) in [6.45, 7) is 10.5. The summed E-state index contributed by atoms with van der Waals surface area (Å²) < 4.78 is 16.0. The highest BCUT2D eigenvalue weighted by Crippen LogP contribution is 2.23. The molecule has 35 heavy (non-hydrogen) atoms. The van der Waals surface area contributed by atoms with E-state index in [2.05, 4.69) is 23.8 Å². The molecule has 0 radical (unpaired) electrons. The summed E-state index contributed by atoms with van der Waals surface area (Å²) in [4.78, 5) is 48.1. The van der Waals surface area contributed by atoms with E-state index < -0.39 is 36.0 Å². The summed E-state index contributed by atoms with van der Waals surface area (Å²) in [5, 5.41) is 5.11. The summed E-state index contributed by atoms with van der Waals surface area (Å²) >= 11 is 0. The van der Waals surface area contributed by atoms with Crippen LogP contribution in [0.5, 0.6) is 11.5 Å². The van der Waals surface area contributed by atoms with E-state index in [4.69, 9.17) is 14.2 Å². The van der Waals surface area contributed by atoms with Crippen molar-refractivity contribution in [3.63, 3.8) is 0 Å². The van der Waals surface area contributed by atoms with Crippen LogP contribution >= 0.6 is 0 Å². The molecule has 2 aromatic rings. The van der Waals surface area contributed by atoms with Gasteiger partial charge in [0.1, 0.15) is 11.5 Å². The van der Waals surface area contributed by atoms with Gasteiger partial charge in [0, 0.05) is 13.1 Å². The lowest BCUT2D eigenvalue weighted by Gasteiger charge is -2.13. The second-order valence-electron chi connectivity index (χ2n) is 7.31. The lowest BCUT2D eigenvalue weighted by Crippen LogP contribution is -2.35. The molecular weight excluding hydrogens is 452 g/mol. The first-order chi connectivity index (χ1) is 16.7. The Bertz CT molecular complexity index is 977. The molecule has 9 nitrogen and oxygen atoms in total. The number of carbonyl (C=O) groups excluding carboxylic acids is 4. The molecule has 0 aliphatic heterocycles. The third kappa shape index (κ3) is 8.47. The van der Waals surface area contributed by atoms with Crippen molar-refractivity contribution in [2.24, 2.45) is 0 Å². The van der Waals surface area contributed by atoms with Crippen LogP contribution in [0.25, 0.3) is 0 Å². The maximum Gasteiger partial charge on any atom is 0.338 e. The zero-order chi connectivity index (χ0) is 25.8. The van der Waals surface area contributed by atoms with Gasteiger partial charge >= 0.3 is 11.9 Å². The first-order valence-electron chi connectivity index (χ1n) is 10.8. The second-order valence-corrected chi connectivity index (χ2v) is 7.31. The van der Waals surface area contributed by atoms with Gasteiger partial charge in [-0.15, -0.1) is 13.2 Å². The molecule has 9 heteroatoms. The lowest BCUT2D eigenvalue weighted by atomic mass is 10.2. The molecule has 0 saturated carbocycles. The zero-order valence-corrected chi connectivity index (χ0v) is 19.6. The number of ether oxygens (including phenoxy) is 3. The Kier molecular flexibility index (Phi) is 10.2. The fourth-order valence-corrected chi connectivity index (χ4v) is 2.65. The van der Waals surface area contributed by atoms with Crippen molar-refractivity contribution < 1.29 is 33.4 Å². The highest BCUT2D eigenvalue weighted by Gasteiger charge is 2.19. The maximum atomic E-state index is 12.2. The largest absolute Gasteiger partial charge is 0.457 e. The van der Waals surface area contributed by atoms with E-state index >= 15 is 0 Å². The van der Waals surface area contributed by atoms with Crippen LogP contribution in [0.2, 0.25) is 0 Å². The molecule has 2 unspecified atom stereocenters. The van der Waals surface area contributed by atoms with Crippen molar-refractivity contribution in [2.75, 3.05) is 13.1 Å². The summed E-state index contributed by atoms with van der Waals surface area (Å²) in [6, 6.07) is 12.3. The quantitative estimate of drug-likeness (QED) is 0.354. The molecule has 2 aromatic carbocycles. The van der Waals surface area contributed by atoms with E-state index in [-0.39, 0.29) is 24.2 Å². The zero-order valence-electron chi connectivity index (χ0n) is 19.6. The van der Waals surface area contributed by atoms with Crippen molar-refractivity contribution in [2.45, 2.75) is 26.1 Å². The number of esters is 2. The van der Waals surface area contributed by atoms with E-state index in [1.54, 1.807) is 24.3 Å². The van der Waals surface area contributed by atoms with Crippen LogP contribution in [0.15, 0.2) is 73.8 Å². The molecule has 0 aliphatic carbocycles. The normalized spacial score (nSPS) is 11.8. The molecule has 2 rings (SSSR count). The molecule has 0 fully saturated rings. The minimum Gasteiger partial charge on any atom is -0.457 e. The highest BCUT2D eigenvalue weighted by atomic mass is 16.6. The molecule has 0 spiro atoms. The van der Waals surface area contributed by atoms with Gasteiger partial charge in [0.05, 0.1) is 11.1 Å². The van der Waals surface area contributed by atoms with Crippen LogP contribution in [0.4, 0.5) is 0 Å². The molecule has 0 bridgehead atoms. The molecular formula is C26H28N2O7. The number of nitrogens with one attached hydrogen (secondary N) is 2. The molecule has 184 valence electrons. The lowest BCUT2D eigenvalue weighted by molar-refractivity contribution is -0.129. The Balaban J connectivity index is 1.91. The van der Waals surface area contributed by atoms with Crippen LogP contribution in [0.1, 0.15) is 34.6 Å². The van der Waals surface area contributed by atoms with Gasteiger partial charge in [-0.25, -0.2) is 9.59 Å². The van der Waals surface area contributed by atoms with E-state index in [0.717, 1.165) is 0 Å². The fourth-order valence-electron chi connectivity index (χ4n) is 2.65. The molecule has 0 aromatic heterocycles. The van der Waals surface area contributed by atoms with Crippen LogP contribution < -0.4 is 15.4 Å². The van der Waals surface area contributed by atoms with Crippen LogP contribution in [0.3, 0.4) is 0 Å². The molecule has 0 aliphatic rings. The number of amides is 2. The molecule has 0 heterocycles.